The zero-order valence-electron chi connectivity index (χ0n) is 25.2. The average molecular weight is 653 g/mol. The second-order valence-electron chi connectivity index (χ2n) is 9.95. The first kappa shape index (κ1) is 36.7. The molecule has 0 saturated carbocycles. The molecule has 17 nitrogen and oxygen atoms in total. The average Bonchev–Trinajstić information content (AvgIpc) is 2.87. The minimum Gasteiger partial charge on any atom is -0.463 e. The lowest BCUT2D eigenvalue weighted by Gasteiger charge is -2.49. The molecule has 0 aromatic heterocycles. The van der Waals surface area contributed by atoms with Gasteiger partial charge in [0.15, 0.2) is 30.2 Å². The van der Waals surface area contributed by atoms with Crippen LogP contribution in [0.5, 0.6) is 0 Å². The number of hydrogen-bond acceptors (Lipinski definition) is 15. The summed E-state index contributed by atoms with van der Waals surface area (Å²) < 4.78 is 44.6. The fraction of sp³-hybridized carbons (Fsp3) is 0.731. The fourth-order valence-corrected chi connectivity index (χ4v) is 5.01. The van der Waals surface area contributed by atoms with Crippen LogP contribution in [0.1, 0.15) is 48.5 Å². The molecule has 2 heterocycles. The Kier molecular flexibility index (Phi) is 13.8. The highest BCUT2D eigenvalue weighted by Gasteiger charge is 2.55. The fourth-order valence-electron chi connectivity index (χ4n) is 4.67. The van der Waals surface area contributed by atoms with Crippen molar-refractivity contribution in [2.75, 3.05) is 13.2 Å². The first-order chi connectivity index (χ1) is 20.5. The van der Waals surface area contributed by atoms with Crippen molar-refractivity contribution in [2.45, 2.75) is 109 Å². The Balaban J connectivity index is 2.66. The van der Waals surface area contributed by atoms with Crippen molar-refractivity contribution < 1.29 is 71.5 Å². The van der Waals surface area contributed by atoms with Crippen LogP contribution in [0.25, 0.3) is 0 Å². The largest absolute Gasteiger partial charge is 0.463 e. The number of esters is 5. The van der Waals surface area contributed by atoms with Crippen LogP contribution in [-0.4, -0.2) is 115 Å². The molecule has 2 aliphatic rings. The predicted octanol–water partition coefficient (Wildman–Crippen LogP) is -1.01. The topological polar surface area (TPSA) is 217 Å². The summed E-state index contributed by atoms with van der Waals surface area (Å²) in [6, 6.07) is -2.59. The molecule has 10 unspecified atom stereocenters. The highest BCUT2D eigenvalue weighted by atomic mass is 35.5. The summed E-state index contributed by atoms with van der Waals surface area (Å²) in [5, 5.41) is 5.08. The number of halogens is 1. The van der Waals surface area contributed by atoms with Gasteiger partial charge in [-0.25, -0.2) is 0 Å². The molecule has 2 rings (SSSR count). The number of hydrogen-bond donors (Lipinski definition) is 2. The number of carbonyl (C=O) groups is 7. The van der Waals surface area contributed by atoms with E-state index >= 15 is 0 Å². The molecule has 0 aromatic rings. The Labute approximate surface area is 257 Å². The molecule has 0 radical (unpaired) electrons. The van der Waals surface area contributed by atoms with E-state index in [1.807, 2.05) is 0 Å². The number of amides is 2. The minimum atomic E-state index is -1.62. The summed E-state index contributed by atoms with van der Waals surface area (Å²) >= 11 is 6.40. The summed E-state index contributed by atoms with van der Waals surface area (Å²) in [4.78, 5) is 84.0. The van der Waals surface area contributed by atoms with Crippen molar-refractivity contribution in [3.63, 3.8) is 0 Å². The molecule has 2 fully saturated rings. The van der Waals surface area contributed by atoms with Gasteiger partial charge in [-0.15, -0.1) is 0 Å². The molecule has 0 aromatic carbocycles. The lowest BCUT2D eigenvalue weighted by Crippen LogP contribution is -2.70. The number of nitrogens with one attached hydrogen (secondary N) is 2. The smallest absolute Gasteiger partial charge is 0.303 e. The highest BCUT2D eigenvalue weighted by Crippen LogP contribution is 2.34. The van der Waals surface area contributed by atoms with Crippen LogP contribution < -0.4 is 10.6 Å². The van der Waals surface area contributed by atoms with Gasteiger partial charge < -0.3 is 48.5 Å². The minimum absolute atomic E-state index is 0.467. The van der Waals surface area contributed by atoms with Crippen molar-refractivity contribution >= 4 is 53.3 Å². The summed E-state index contributed by atoms with van der Waals surface area (Å²) in [5.74, 6) is -5.08. The Morgan fingerprint density at radius 3 is 1.41 bits per heavy atom. The molecule has 10 atom stereocenters. The molecule has 2 amide bonds. The molecule has 2 aliphatic heterocycles. The van der Waals surface area contributed by atoms with E-state index in [1.54, 1.807) is 0 Å². The van der Waals surface area contributed by atoms with E-state index in [9.17, 15) is 33.6 Å². The van der Waals surface area contributed by atoms with Crippen molar-refractivity contribution in [3.8, 4) is 0 Å². The van der Waals surface area contributed by atoms with E-state index in [2.05, 4.69) is 10.6 Å². The second-order valence-corrected chi connectivity index (χ2v) is 10.4. The zero-order valence-corrected chi connectivity index (χ0v) is 25.9. The van der Waals surface area contributed by atoms with Gasteiger partial charge in [0, 0.05) is 48.5 Å². The normalized spacial score (nSPS) is 31.5. The third-order valence-electron chi connectivity index (χ3n) is 6.12. The van der Waals surface area contributed by atoms with Crippen molar-refractivity contribution in [3.05, 3.63) is 0 Å². The van der Waals surface area contributed by atoms with Gasteiger partial charge in [0.2, 0.25) is 11.8 Å². The van der Waals surface area contributed by atoms with Crippen molar-refractivity contribution in [1.29, 1.82) is 0 Å². The number of carbonyl (C=O) groups excluding carboxylic acids is 7. The van der Waals surface area contributed by atoms with Crippen LogP contribution in [0, 0.1) is 0 Å². The van der Waals surface area contributed by atoms with E-state index in [-0.39, 0.29) is 0 Å². The van der Waals surface area contributed by atoms with Crippen LogP contribution in [0.4, 0.5) is 0 Å². The zero-order chi connectivity index (χ0) is 33.3. The standard InChI is InChI=1S/C26H37ClN2O15/c1-10(30)28-19-23(40-15(6)35)22(17(42-25(19)27)8-37-12(3)32)44-26-20(29-11(2)31)24(41-16(7)36)21(39-14(5)34)18(43-26)9-38-13(4)33/h17-26H,8-9H2,1-7H3,(H,28,30)(H,29,31). The molecule has 0 spiro atoms. The molecule has 2 N–H and O–H groups in total. The second kappa shape index (κ2) is 16.5. The SMILES string of the molecule is CC(=O)NC1C(Cl)OC(COC(C)=O)C(OC2OC(COC(C)=O)C(OC(C)=O)C(OC(C)=O)C2NC(C)=O)C1OC(C)=O. The maximum Gasteiger partial charge on any atom is 0.303 e. The summed E-state index contributed by atoms with van der Waals surface area (Å²) in [5.41, 5.74) is -1.30. The number of rotatable bonds is 11. The van der Waals surface area contributed by atoms with Crippen LogP contribution in [0.2, 0.25) is 0 Å². The summed E-state index contributed by atoms with van der Waals surface area (Å²) in [7, 11) is 0. The lowest BCUT2D eigenvalue weighted by atomic mass is 9.94. The highest BCUT2D eigenvalue weighted by molar-refractivity contribution is 6.20. The van der Waals surface area contributed by atoms with Crippen molar-refractivity contribution in [1.82, 2.24) is 10.6 Å². The Bertz CT molecular complexity index is 1100. The first-order valence-electron chi connectivity index (χ1n) is 13.4. The predicted molar refractivity (Wildman–Crippen MR) is 143 cm³/mol. The third-order valence-corrected chi connectivity index (χ3v) is 6.49. The molecular formula is C26H37ClN2O15. The van der Waals surface area contributed by atoms with E-state index in [1.165, 1.54) is 6.92 Å². The molecule has 44 heavy (non-hydrogen) atoms. The first-order valence-corrected chi connectivity index (χ1v) is 13.9. The quantitative estimate of drug-likeness (QED) is 0.155. The van der Waals surface area contributed by atoms with Gasteiger partial charge in [-0.1, -0.05) is 11.6 Å². The van der Waals surface area contributed by atoms with Crippen LogP contribution in [0.3, 0.4) is 0 Å². The third kappa shape index (κ3) is 10.9. The Morgan fingerprint density at radius 2 is 0.977 bits per heavy atom. The lowest BCUT2D eigenvalue weighted by molar-refractivity contribution is -0.314. The van der Waals surface area contributed by atoms with Gasteiger partial charge in [0.1, 0.15) is 43.6 Å². The summed E-state index contributed by atoms with van der Waals surface area (Å²) in [6.45, 7) is 6.85. The summed E-state index contributed by atoms with van der Waals surface area (Å²) in [6.07, 6.45) is -9.87. The molecule has 2 saturated heterocycles. The molecular weight excluding hydrogens is 616 g/mol. The van der Waals surface area contributed by atoms with Gasteiger partial charge in [-0.3, -0.25) is 33.6 Å². The molecule has 0 bridgehead atoms. The molecule has 0 aliphatic carbocycles. The number of alkyl halides is 1. The van der Waals surface area contributed by atoms with E-state index < -0.39 is 115 Å². The van der Waals surface area contributed by atoms with Crippen LogP contribution >= 0.6 is 11.6 Å². The van der Waals surface area contributed by atoms with Crippen LogP contribution in [0.15, 0.2) is 0 Å². The Morgan fingerprint density at radius 1 is 0.568 bits per heavy atom. The van der Waals surface area contributed by atoms with Gasteiger partial charge in [-0.2, -0.15) is 0 Å². The van der Waals surface area contributed by atoms with Gasteiger partial charge in [0.25, 0.3) is 0 Å². The maximum absolute atomic E-state index is 12.3. The molecule has 18 heteroatoms. The van der Waals surface area contributed by atoms with E-state index in [4.69, 9.17) is 49.5 Å². The van der Waals surface area contributed by atoms with Gasteiger partial charge >= 0.3 is 29.8 Å². The van der Waals surface area contributed by atoms with Gasteiger partial charge in [0.05, 0.1) is 0 Å². The monoisotopic (exact) mass is 652 g/mol. The van der Waals surface area contributed by atoms with Crippen LogP contribution in [-0.2, 0) is 71.5 Å². The molecule has 248 valence electrons. The Hall–Kier alpha value is -3.54. The van der Waals surface area contributed by atoms with Crippen molar-refractivity contribution in [2.24, 2.45) is 0 Å². The number of ether oxygens (including phenoxy) is 8. The van der Waals surface area contributed by atoms with Gasteiger partial charge in [-0.05, 0) is 0 Å². The van der Waals surface area contributed by atoms with E-state index in [0.717, 1.165) is 41.5 Å². The maximum atomic E-state index is 12.3. The van der Waals surface area contributed by atoms with E-state index in [0.29, 0.717) is 0 Å².